The largest absolute Gasteiger partial charge is 0.465 e. The van der Waals surface area contributed by atoms with Crippen LogP contribution in [0.4, 0.5) is 9.59 Å². The van der Waals surface area contributed by atoms with E-state index in [0.29, 0.717) is 13.2 Å². The summed E-state index contributed by atoms with van der Waals surface area (Å²) in [4.78, 5) is 36.5. The molecular formula is C24H47ClN4O6. The molecule has 2 atom stereocenters. The Labute approximate surface area is 217 Å². The Bertz CT molecular complexity index is 645. The number of carbonyl (C=O) groups excluding carboxylic acids is 3. The van der Waals surface area contributed by atoms with Crippen molar-refractivity contribution in [1.29, 1.82) is 0 Å². The van der Waals surface area contributed by atoms with Gasteiger partial charge in [0.25, 0.3) is 0 Å². The number of hydrogen-bond acceptors (Lipinski definition) is 8. The number of hydrogen-bond donors (Lipinski definition) is 3. The lowest BCUT2D eigenvalue weighted by molar-refractivity contribution is -0.144. The molecule has 2 fully saturated rings. The quantitative estimate of drug-likeness (QED) is 0.372. The number of carbonyl (C=O) groups is 3. The zero-order chi connectivity index (χ0) is 25.8. The van der Waals surface area contributed by atoms with Gasteiger partial charge in [0.05, 0.1) is 13.2 Å². The van der Waals surface area contributed by atoms with Gasteiger partial charge in [-0.3, -0.25) is 9.69 Å². The number of rotatable bonds is 5. The molecule has 2 amide bonds. The maximum absolute atomic E-state index is 11.7. The van der Waals surface area contributed by atoms with Crippen molar-refractivity contribution in [1.82, 2.24) is 20.9 Å². The molecular weight excluding hydrogens is 476 g/mol. The monoisotopic (exact) mass is 522 g/mol. The third-order valence-corrected chi connectivity index (χ3v) is 4.90. The molecule has 0 aromatic heterocycles. The van der Waals surface area contributed by atoms with Crippen molar-refractivity contribution in [3.05, 3.63) is 0 Å². The van der Waals surface area contributed by atoms with Crippen LogP contribution in [0, 0.1) is 0 Å². The van der Waals surface area contributed by atoms with Gasteiger partial charge in [-0.15, -0.1) is 12.4 Å². The van der Waals surface area contributed by atoms with E-state index < -0.39 is 17.3 Å². The van der Waals surface area contributed by atoms with Crippen LogP contribution in [0.1, 0.15) is 74.1 Å². The van der Waals surface area contributed by atoms with Gasteiger partial charge in [-0.05, 0) is 87.2 Å². The number of likely N-dealkylation sites (tertiary alicyclic amines) is 1. The first-order chi connectivity index (χ1) is 15.8. The van der Waals surface area contributed by atoms with Crippen molar-refractivity contribution in [2.24, 2.45) is 0 Å². The van der Waals surface area contributed by atoms with E-state index in [2.05, 4.69) is 16.0 Å². The van der Waals surface area contributed by atoms with Crippen molar-refractivity contribution >= 4 is 30.6 Å². The summed E-state index contributed by atoms with van der Waals surface area (Å²) in [6.45, 7) is 17.0. The van der Waals surface area contributed by atoms with Gasteiger partial charge in [-0.2, -0.15) is 0 Å². The predicted octanol–water partition coefficient (Wildman–Crippen LogP) is 3.22. The lowest BCUT2D eigenvalue weighted by Gasteiger charge is -2.32. The predicted molar refractivity (Wildman–Crippen MR) is 138 cm³/mol. The molecule has 2 aliphatic heterocycles. The number of nitrogens with one attached hydrogen (secondary N) is 3. The average Bonchev–Trinajstić information content (AvgIpc) is 2.66. The molecule has 35 heavy (non-hydrogen) atoms. The summed E-state index contributed by atoms with van der Waals surface area (Å²) in [6.07, 6.45) is 3.28. The highest BCUT2D eigenvalue weighted by Gasteiger charge is 2.25. The fourth-order valence-corrected chi connectivity index (χ4v) is 3.63. The van der Waals surface area contributed by atoms with E-state index in [1.807, 2.05) is 46.4 Å². The molecule has 0 spiro atoms. The van der Waals surface area contributed by atoms with Crippen LogP contribution in [0.3, 0.4) is 0 Å². The molecule has 10 nitrogen and oxygen atoms in total. The van der Waals surface area contributed by atoms with Crippen molar-refractivity contribution in [2.45, 2.75) is 97.4 Å². The number of piperidine rings is 2. The fraction of sp³-hybridized carbons (Fsp3) is 0.875. The summed E-state index contributed by atoms with van der Waals surface area (Å²) in [7, 11) is 0. The highest BCUT2D eigenvalue weighted by atomic mass is 35.5. The second-order valence-corrected chi connectivity index (χ2v) is 10.7. The Morgan fingerprint density at radius 2 is 1.46 bits per heavy atom. The summed E-state index contributed by atoms with van der Waals surface area (Å²) in [5.41, 5.74) is -0.907. The smallest absolute Gasteiger partial charge is 0.407 e. The molecule has 0 aliphatic carbocycles. The van der Waals surface area contributed by atoms with Crippen LogP contribution >= 0.6 is 12.4 Å². The van der Waals surface area contributed by atoms with Crippen LogP contribution in [0.5, 0.6) is 0 Å². The minimum absolute atomic E-state index is 0. The van der Waals surface area contributed by atoms with E-state index in [-0.39, 0.29) is 43.1 Å². The highest BCUT2D eigenvalue weighted by Crippen LogP contribution is 2.12. The van der Waals surface area contributed by atoms with Crippen molar-refractivity contribution in [3.8, 4) is 0 Å². The highest BCUT2D eigenvalue weighted by molar-refractivity contribution is 5.85. The number of amides is 2. The second-order valence-electron chi connectivity index (χ2n) is 10.7. The number of ether oxygens (including phenoxy) is 3. The van der Waals surface area contributed by atoms with E-state index in [0.717, 1.165) is 45.3 Å². The average molecular weight is 523 g/mol. The molecule has 0 saturated carbocycles. The summed E-state index contributed by atoms with van der Waals surface area (Å²) >= 11 is 0. The van der Waals surface area contributed by atoms with Gasteiger partial charge in [0.1, 0.15) is 11.2 Å². The molecule has 2 heterocycles. The topological polar surface area (TPSA) is 118 Å². The standard InChI is InChI=1S/C14H26N2O4.C10H20N2O2.ClH/c1-5-19-12(17)10-16-8-6-7-11(9-16)15-13(18)20-14(2,3)4;1-10(2,3)14-9(13)12-8-5-4-6-11-7-8;/h11H,5-10H2,1-4H3,(H,15,18);8,11H,4-7H2,1-3H3,(H,12,13);1H. The Morgan fingerprint density at radius 1 is 0.914 bits per heavy atom. The van der Waals surface area contributed by atoms with Crippen LogP contribution in [0.15, 0.2) is 0 Å². The van der Waals surface area contributed by atoms with Crippen molar-refractivity contribution in [3.63, 3.8) is 0 Å². The molecule has 11 heteroatoms. The van der Waals surface area contributed by atoms with Gasteiger partial charge in [-0.1, -0.05) is 0 Å². The lowest BCUT2D eigenvalue weighted by Crippen LogP contribution is -2.50. The summed E-state index contributed by atoms with van der Waals surface area (Å²) in [6, 6.07) is 0.242. The lowest BCUT2D eigenvalue weighted by atomic mass is 10.1. The molecule has 2 rings (SSSR count). The van der Waals surface area contributed by atoms with E-state index in [9.17, 15) is 14.4 Å². The van der Waals surface area contributed by atoms with Crippen LogP contribution in [-0.4, -0.2) is 85.7 Å². The number of esters is 1. The fourth-order valence-electron chi connectivity index (χ4n) is 3.63. The minimum Gasteiger partial charge on any atom is -0.465 e. The molecule has 2 aliphatic rings. The second kappa shape index (κ2) is 16.1. The van der Waals surface area contributed by atoms with Gasteiger partial charge < -0.3 is 30.2 Å². The molecule has 0 radical (unpaired) electrons. The summed E-state index contributed by atoms with van der Waals surface area (Å²) < 4.78 is 15.3. The Balaban J connectivity index is 0.000000680. The van der Waals surface area contributed by atoms with Crippen LogP contribution in [-0.2, 0) is 19.0 Å². The van der Waals surface area contributed by atoms with E-state index in [4.69, 9.17) is 14.2 Å². The minimum atomic E-state index is -0.497. The van der Waals surface area contributed by atoms with Gasteiger partial charge in [0.2, 0.25) is 0 Å². The van der Waals surface area contributed by atoms with E-state index in [1.54, 1.807) is 6.92 Å². The normalized spacial score (nSPS) is 20.8. The number of nitrogens with zero attached hydrogens (tertiary/aromatic N) is 1. The maximum Gasteiger partial charge on any atom is 0.407 e. The van der Waals surface area contributed by atoms with Crippen LogP contribution in [0.25, 0.3) is 0 Å². The van der Waals surface area contributed by atoms with Gasteiger partial charge in [0.15, 0.2) is 0 Å². The first-order valence-electron chi connectivity index (χ1n) is 12.3. The maximum atomic E-state index is 11.7. The third-order valence-electron chi connectivity index (χ3n) is 4.90. The van der Waals surface area contributed by atoms with Crippen LogP contribution < -0.4 is 16.0 Å². The third kappa shape index (κ3) is 17.3. The van der Waals surface area contributed by atoms with Crippen LogP contribution in [0.2, 0.25) is 0 Å². The zero-order valence-electron chi connectivity index (χ0n) is 22.5. The Morgan fingerprint density at radius 3 is 1.94 bits per heavy atom. The SMILES string of the molecule is CC(C)(C)OC(=O)NC1CCCNC1.CCOC(=O)CN1CCCC(NC(=O)OC(C)(C)C)C1.Cl. The molecule has 2 unspecified atom stereocenters. The Hall–Kier alpha value is -1.78. The zero-order valence-corrected chi connectivity index (χ0v) is 23.3. The van der Waals surface area contributed by atoms with E-state index >= 15 is 0 Å². The van der Waals surface area contributed by atoms with Crippen molar-refractivity contribution in [2.75, 3.05) is 39.3 Å². The summed E-state index contributed by atoms with van der Waals surface area (Å²) in [5.74, 6) is -0.217. The molecule has 0 aromatic carbocycles. The first kappa shape index (κ1) is 33.2. The molecule has 3 N–H and O–H groups in total. The first-order valence-corrected chi connectivity index (χ1v) is 12.3. The van der Waals surface area contributed by atoms with Gasteiger partial charge in [0, 0.05) is 25.2 Å². The Kier molecular flexibility index (Phi) is 15.2. The van der Waals surface area contributed by atoms with Crippen molar-refractivity contribution < 1.29 is 28.6 Å². The van der Waals surface area contributed by atoms with Gasteiger partial charge >= 0.3 is 18.2 Å². The van der Waals surface area contributed by atoms with E-state index in [1.165, 1.54) is 0 Å². The molecule has 206 valence electrons. The molecule has 0 bridgehead atoms. The summed E-state index contributed by atoms with van der Waals surface area (Å²) in [5, 5.41) is 8.94. The number of alkyl carbamates (subject to hydrolysis) is 2. The van der Waals surface area contributed by atoms with Gasteiger partial charge in [-0.25, -0.2) is 9.59 Å². The molecule has 0 aromatic rings. The molecule has 2 saturated heterocycles. The number of halogens is 1.